The maximum atomic E-state index is 9.18. The average Bonchev–Trinajstić information content (AvgIpc) is 2.89. The fourth-order valence-electron chi connectivity index (χ4n) is 2.03. The number of nitrogens with zero attached hydrogens (tertiary/aromatic N) is 3. The Morgan fingerprint density at radius 2 is 2.50 bits per heavy atom. The average molecular weight is 227 g/mol. The molecule has 1 aromatic heterocycles. The number of methoxy groups -OCH3 is 1. The number of ether oxygens (including phenoxy) is 1. The normalized spacial score (nSPS) is 21.8. The van der Waals surface area contributed by atoms with Crippen molar-refractivity contribution in [2.24, 2.45) is 0 Å². The van der Waals surface area contributed by atoms with Crippen molar-refractivity contribution in [3.63, 3.8) is 0 Å². The van der Waals surface area contributed by atoms with Crippen LogP contribution in [0.1, 0.15) is 24.6 Å². The summed E-state index contributed by atoms with van der Waals surface area (Å²) in [4.78, 5) is 6.39. The Morgan fingerprint density at radius 3 is 3.25 bits per heavy atom. The lowest BCUT2D eigenvalue weighted by atomic mass is 10.2. The van der Waals surface area contributed by atoms with Gasteiger partial charge in [-0.2, -0.15) is 4.98 Å². The van der Waals surface area contributed by atoms with E-state index in [0.717, 1.165) is 19.4 Å². The van der Waals surface area contributed by atoms with Gasteiger partial charge in [0.05, 0.1) is 13.2 Å². The van der Waals surface area contributed by atoms with Crippen LogP contribution >= 0.6 is 0 Å². The van der Waals surface area contributed by atoms with Crippen molar-refractivity contribution in [1.29, 1.82) is 0 Å². The molecular formula is C10H17N3O3. The molecule has 0 spiro atoms. The van der Waals surface area contributed by atoms with Gasteiger partial charge in [0.2, 0.25) is 0 Å². The van der Waals surface area contributed by atoms with E-state index in [1.807, 2.05) is 0 Å². The van der Waals surface area contributed by atoms with E-state index in [0.29, 0.717) is 24.9 Å². The molecular weight excluding hydrogens is 210 g/mol. The molecule has 1 aliphatic rings. The van der Waals surface area contributed by atoms with Crippen molar-refractivity contribution in [3.05, 3.63) is 11.7 Å². The highest BCUT2D eigenvalue weighted by atomic mass is 16.5. The molecule has 1 atom stereocenters. The van der Waals surface area contributed by atoms with Gasteiger partial charge < -0.3 is 14.4 Å². The molecule has 0 aromatic carbocycles. The van der Waals surface area contributed by atoms with Crippen LogP contribution in [0.5, 0.6) is 0 Å². The molecule has 1 saturated heterocycles. The fourth-order valence-corrected chi connectivity index (χ4v) is 2.03. The molecule has 0 amide bonds. The first-order valence-corrected chi connectivity index (χ1v) is 5.48. The number of hydrogen-bond donors (Lipinski definition) is 1. The minimum absolute atomic E-state index is 0.197. The third-order valence-electron chi connectivity index (χ3n) is 2.83. The molecule has 0 radical (unpaired) electrons. The lowest BCUT2D eigenvalue weighted by molar-refractivity contribution is 0.148. The van der Waals surface area contributed by atoms with Gasteiger partial charge in [-0.25, -0.2) is 0 Å². The standard InChI is InChI=1S/C10H17N3O3/c1-15-7-10-11-9(12-16-10)5-13-4-2-3-8(13)6-14/h8,14H,2-7H2,1H3. The maximum absolute atomic E-state index is 9.18. The minimum atomic E-state index is 0.197. The zero-order valence-corrected chi connectivity index (χ0v) is 9.43. The van der Waals surface area contributed by atoms with Gasteiger partial charge in [-0.1, -0.05) is 5.16 Å². The lowest BCUT2D eigenvalue weighted by Crippen LogP contribution is -2.31. The molecule has 1 aromatic rings. The van der Waals surface area contributed by atoms with Crippen LogP contribution in [0, 0.1) is 0 Å². The van der Waals surface area contributed by atoms with Crippen LogP contribution in [0.25, 0.3) is 0 Å². The first-order valence-electron chi connectivity index (χ1n) is 5.48. The molecule has 6 heteroatoms. The molecule has 1 fully saturated rings. The molecule has 1 N–H and O–H groups in total. The largest absolute Gasteiger partial charge is 0.395 e. The first kappa shape index (κ1) is 11.5. The number of hydrogen-bond acceptors (Lipinski definition) is 6. The second-order valence-electron chi connectivity index (χ2n) is 3.99. The van der Waals surface area contributed by atoms with Gasteiger partial charge in [-0.15, -0.1) is 0 Å². The molecule has 1 aliphatic heterocycles. The first-order chi connectivity index (χ1) is 7.83. The summed E-state index contributed by atoms with van der Waals surface area (Å²) in [5.74, 6) is 1.16. The Hall–Kier alpha value is -0.980. The van der Waals surface area contributed by atoms with Crippen molar-refractivity contribution >= 4 is 0 Å². The zero-order chi connectivity index (χ0) is 11.4. The topological polar surface area (TPSA) is 71.6 Å². The predicted molar refractivity (Wildman–Crippen MR) is 55.5 cm³/mol. The quantitative estimate of drug-likeness (QED) is 0.773. The summed E-state index contributed by atoms with van der Waals surface area (Å²) in [5, 5.41) is 13.1. The Kier molecular flexibility index (Phi) is 3.87. The third kappa shape index (κ3) is 2.58. The summed E-state index contributed by atoms with van der Waals surface area (Å²) in [6, 6.07) is 0.240. The maximum Gasteiger partial charge on any atom is 0.252 e. The van der Waals surface area contributed by atoms with Crippen LogP contribution < -0.4 is 0 Å². The number of aromatic nitrogens is 2. The Balaban J connectivity index is 1.92. The highest BCUT2D eigenvalue weighted by Crippen LogP contribution is 2.18. The molecule has 2 heterocycles. The molecule has 2 rings (SSSR count). The van der Waals surface area contributed by atoms with E-state index < -0.39 is 0 Å². The van der Waals surface area contributed by atoms with Gasteiger partial charge in [0.15, 0.2) is 5.82 Å². The van der Waals surface area contributed by atoms with Crippen molar-refractivity contribution in [2.75, 3.05) is 20.3 Å². The van der Waals surface area contributed by atoms with Gasteiger partial charge in [-0.05, 0) is 19.4 Å². The Morgan fingerprint density at radius 1 is 1.62 bits per heavy atom. The molecule has 90 valence electrons. The van der Waals surface area contributed by atoms with Gasteiger partial charge in [0, 0.05) is 13.2 Å². The molecule has 0 saturated carbocycles. The summed E-state index contributed by atoms with van der Waals surface area (Å²) in [6.07, 6.45) is 2.16. The van der Waals surface area contributed by atoms with E-state index >= 15 is 0 Å². The van der Waals surface area contributed by atoms with Gasteiger partial charge in [0.1, 0.15) is 6.61 Å². The second kappa shape index (κ2) is 5.38. The highest BCUT2D eigenvalue weighted by molar-refractivity contribution is 4.88. The molecule has 0 aliphatic carbocycles. The van der Waals surface area contributed by atoms with Gasteiger partial charge in [0.25, 0.3) is 5.89 Å². The predicted octanol–water partition coefficient (Wildman–Crippen LogP) is 0.173. The Labute approximate surface area is 94.2 Å². The van der Waals surface area contributed by atoms with Gasteiger partial charge >= 0.3 is 0 Å². The molecule has 16 heavy (non-hydrogen) atoms. The smallest absolute Gasteiger partial charge is 0.252 e. The summed E-state index contributed by atoms with van der Waals surface area (Å²) >= 11 is 0. The van der Waals surface area contributed by atoms with E-state index in [2.05, 4.69) is 15.0 Å². The van der Waals surface area contributed by atoms with Crippen molar-refractivity contribution in [3.8, 4) is 0 Å². The summed E-state index contributed by atoms with van der Waals surface area (Å²) < 4.78 is 9.91. The van der Waals surface area contributed by atoms with Crippen molar-refractivity contribution < 1.29 is 14.4 Å². The van der Waals surface area contributed by atoms with E-state index in [1.54, 1.807) is 7.11 Å². The van der Waals surface area contributed by atoms with Crippen LogP contribution in [0.4, 0.5) is 0 Å². The van der Waals surface area contributed by atoms with Crippen LogP contribution in [0.3, 0.4) is 0 Å². The van der Waals surface area contributed by atoms with Crippen LogP contribution in [-0.4, -0.2) is 46.5 Å². The zero-order valence-electron chi connectivity index (χ0n) is 9.43. The van der Waals surface area contributed by atoms with Crippen molar-refractivity contribution in [1.82, 2.24) is 15.0 Å². The number of aliphatic hydroxyl groups is 1. The van der Waals surface area contributed by atoms with E-state index in [9.17, 15) is 5.11 Å². The van der Waals surface area contributed by atoms with Crippen molar-refractivity contribution in [2.45, 2.75) is 32.0 Å². The molecule has 1 unspecified atom stereocenters. The minimum Gasteiger partial charge on any atom is -0.395 e. The van der Waals surface area contributed by atoms with Gasteiger partial charge in [-0.3, -0.25) is 4.90 Å². The summed E-state index contributed by atoms with van der Waals surface area (Å²) in [6.45, 7) is 2.16. The molecule has 6 nitrogen and oxygen atoms in total. The molecule has 0 bridgehead atoms. The van der Waals surface area contributed by atoms with E-state index in [1.165, 1.54) is 0 Å². The fraction of sp³-hybridized carbons (Fsp3) is 0.800. The highest BCUT2D eigenvalue weighted by Gasteiger charge is 2.25. The monoisotopic (exact) mass is 227 g/mol. The second-order valence-corrected chi connectivity index (χ2v) is 3.99. The number of likely N-dealkylation sites (tertiary alicyclic amines) is 1. The van der Waals surface area contributed by atoms with Crippen LogP contribution in [0.2, 0.25) is 0 Å². The summed E-state index contributed by atoms with van der Waals surface area (Å²) in [7, 11) is 1.59. The lowest BCUT2D eigenvalue weighted by Gasteiger charge is -2.20. The SMILES string of the molecule is COCc1nc(CN2CCCC2CO)no1. The van der Waals surface area contributed by atoms with E-state index in [-0.39, 0.29) is 12.6 Å². The van der Waals surface area contributed by atoms with Crippen LogP contribution in [-0.2, 0) is 17.9 Å². The summed E-state index contributed by atoms with van der Waals surface area (Å²) in [5.41, 5.74) is 0. The number of aliphatic hydroxyl groups excluding tert-OH is 1. The van der Waals surface area contributed by atoms with E-state index in [4.69, 9.17) is 9.26 Å². The third-order valence-corrected chi connectivity index (χ3v) is 2.83. The Bertz CT molecular complexity index is 329. The number of rotatable bonds is 5. The van der Waals surface area contributed by atoms with Crippen LogP contribution in [0.15, 0.2) is 4.52 Å².